The Balaban J connectivity index is 1.77. The third-order valence-electron chi connectivity index (χ3n) is 4.96. The lowest BCUT2D eigenvalue weighted by molar-refractivity contribution is -0.157. The van der Waals surface area contributed by atoms with Gasteiger partial charge >= 0.3 is 6.18 Å². The van der Waals surface area contributed by atoms with Crippen molar-refractivity contribution in [3.63, 3.8) is 0 Å². The zero-order valence-electron chi connectivity index (χ0n) is 15.0. The van der Waals surface area contributed by atoms with E-state index in [0.29, 0.717) is 25.4 Å². The fourth-order valence-corrected chi connectivity index (χ4v) is 3.73. The number of piperazine rings is 1. The molecule has 27 heavy (non-hydrogen) atoms. The van der Waals surface area contributed by atoms with E-state index in [-0.39, 0.29) is 24.9 Å². The van der Waals surface area contributed by atoms with Crippen LogP contribution in [0.3, 0.4) is 0 Å². The van der Waals surface area contributed by atoms with E-state index in [0.717, 1.165) is 10.5 Å². The van der Waals surface area contributed by atoms with Gasteiger partial charge in [0, 0.05) is 38.2 Å². The van der Waals surface area contributed by atoms with Gasteiger partial charge in [0.15, 0.2) is 0 Å². The van der Waals surface area contributed by atoms with Crippen molar-refractivity contribution in [2.45, 2.75) is 18.6 Å². The van der Waals surface area contributed by atoms with Crippen LogP contribution in [0.4, 0.5) is 13.2 Å². The molecule has 0 saturated carbocycles. The smallest absolute Gasteiger partial charge is 0.406 e. The number of halogens is 3. The van der Waals surface area contributed by atoms with E-state index in [4.69, 9.17) is 4.74 Å². The number of ether oxygens (including phenoxy) is 1. The lowest BCUT2D eigenvalue weighted by atomic mass is 9.99. The topological polar surface area (TPSA) is 61.9 Å². The maximum absolute atomic E-state index is 13.0. The van der Waals surface area contributed by atoms with E-state index in [1.807, 2.05) is 18.2 Å². The first kappa shape index (κ1) is 19.5. The van der Waals surface area contributed by atoms with Gasteiger partial charge in [0.05, 0.1) is 19.1 Å². The first-order valence-corrected chi connectivity index (χ1v) is 8.79. The Hall–Kier alpha value is -2.29. The largest absolute Gasteiger partial charge is 0.496 e. The molecule has 0 aromatic heterocycles. The van der Waals surface area contributed by atoms with Crippen LogP contribution in [0.15, 0.2) is 24.3 Å². The monoisotopic (exact) mass is 385 g/mol. The third kappa shape index (κ3) is 4.35. The van der Waals surface area contributed by atoms with Gasteiger partial charge in [-0.1, -0.05) is 18.2 Å². The van der Waals surface area contributed by atoms with E-state index >= 15 is 0 Å². The number of alkyl halides is 3. The number of methoxy groups -OCH3 is 1. The minimum absolute atomic E-state index is 0.183. The molecular formula is C18H22F3N3O3. The van der Waals surface area contributed by atoms with Crippen molar-refractivity contribution in [2.75, 3.05) is 39.8 Å². The number of para-hydroxylation sites is 1. The number of likely N-dealkylation sites (tertiary alicyclic amines) is 1. The minimum atomic E-state index is -4.47. The Morgan fingerprint density at radius 1 is 1.33 bits per heavy atom. The van der Waals surface area contributed by atoms with Gasteiger partial charge < -0.3 is 19.9 Å². The molecule has 2 amide bonds. The van der Waals surface area contributed by atoms with E-state index in [9.17, 15) is 22.8 Å². The maximum atomic E-state index is 13.0. The summed E-state index contributed by atoms with van der Waals surface area (Å²) in [5.74, 6) is -1.03. The average Bonchev–Trinajstić information content (AvgIpc) is 3.00. The van der Waals surface area contributed by atoms with Gasteiger partial charge in [0.2, 0.25) is 11.8 Å². The van der Waals surface area contributed by atoms with Crippen molar-refractivity contribution < 1.29 is 27.5 Å². The molecule has 2 heterocycles. The molecular weight excluding hydrogens is 363 g/mol. The molecule has 0 bridgehead atoms. The lowest BCUT2D eigenvalue weighted by Crippen LogP contribution is -2.51. The second-order valence-electron chi connectivity index (χ2n) is 6.78. The summed E-state index contributed by atoms with van der Waals surface area (Å²) in [6.07, 6.45) is -4.65. The molecule has 1 aromatic rings. The summed E-state index contributed by atoms with van der Waals surface area (Å²) in [7, 11) is 1.55. The Morgan fingerprint density at radius 3 is 2.78 bits per heavy atom. The van der Waals surface area contributed by atoms with Gasteiger partial charge in [-0.2, -0.15) is 13.2 Å². The molecule has 6 nitrogen and oxygen atoms in total. The van der Waals surface area contributed by atoms with E-state index in [1.54, 1.807) is 18.1 Å². The fraction of sp³-hybridized carbons (Fsp3) is 0.556. The van der Waals surface area contributed by atoms with Crippen molar-refractivity contribution in [1.29, 1.82) is 0 Å². The highest BCUT2D eigenvalue weighted by molar-refractivity contribution is 5.89. The van der Waals surface area contributed by atoms with Crippen LogP contribution in [0.2, 0.25) is 0 Å². The summed E-state index contributed by atoms with van der Waals surface area (Å²) < 4.78 is 43.2. The molecule has 9 heteroatoms. The molecule has 2 unspecified atom stereocenters. The zero-order chi connectivity index (χ0) is 19.6. The summed E-state index contributed by atoms with van der Waals surface area (Å²) in [5.41, 5.74) is 0.831. The van der Waals surface area contributed by atoms with Gasteiger partial charge in [0.1, 0.15) is 12.3 Å². The Labute approximate surface area is 155 Å². The number of nitrogens with one attached hydrogen (secondary N) is 1. The SMILES string of the molecule is COc1ccccc1C1CNCCN1C(=O)C1CC(=O)N(CC(F)(F)F)C1. The highest BCUT2D eigenvalue weighted by Gasteiger charge is 2.43. The van der Waals surface area contributed by atoms with Crippen molar-refractivity contribution in [1.82, 2.24) is 15.1 Å². The van der Waals surface area contributed by atoms with Crippen LogP contribution in [0, 0.1) is 5.92 Å². The summed E-state index contributed by atoms with van der Waals surface area (Å²) in [6.45, 7) is 0.0156. The predicted molar refractivity (Wildman–Crippen MR) is 91.1 cm³/mol. The van der Waals surface area contributed by atoms with Crippen LogP contribution in [0.5, 0.6) is 5.75 Å². The summed E-state index contributed by atoms with van der Waals surface area (Å²) in [6, 6.07) is 7.05. The standard InChI is InChI=1S/C18H22F3N3O3/c1-27-15-5-3-2-4-13(15)14-9-22-6-7-24(14)17(26)12-8-16(25)23(10-12)11-18(19,20)21/h2-5,12,14,22H,6-11H2,1H3. The van der Waals surface area contributed by atoms with Crippen molar-refractivity contribution >= 4 is 11.8 Å². The predicted octanol–water partition coefficient (Wildman–Crippen LogP) is 1.58. The minimum Gasteiger partial charge on any atom is -0.496 e. The third-order valence-corrected chi connectivity index (χ3v) is 4.96. The van der Waals surface area contributed by atoms with Crippen LogP contribution in [-0.4, -0.2) is 67.6 Å². The quantitative estimate of drug-likeness (QED) is 0.855. The average molecular weight is 385 g/mol. The van der Waals surface area contributed by atoms with Crippen LogP contribution in [0.25, 0.3) is 0 Å². The molecule has 3 rings (SSSR count). The lowest BCUT2D eigenvalue weighted by Gasteiger charge is -2.38. The molecule has 0 radical (unpaired) electrons. The molecule has 2 saturated heterocycles. The Morgan fingerprint density at radius 2 is 2.07 bits per heavy atom. The summed E-state index contributed by atoms with van der Waals surface area (Å²) in [5, 5.41) is 3.23. The molecule has 1 N–H and O–H groups in total. The summed E-state index contributed by atoms with van der Waals surface area (Å²) in [4.78, 5) is 27.3. The number of carbonyl (C=O) groups excluding carboxylic acids is 2. The van der Waals surface area contributed by atoms with Gasteiger partial charge in [-0.15, -0.1) is 0 Å². The number of benzene rings is 1. The molecule has 2 aliphatic heterocycles. The number of hydrogen-bond acceptors (Lipinski definition) is 4. The molecule has 2 aliphatic rings. The first-order valence-electron chi connectivity index (χ1n) is 8.79. The van der Waals surface area contributed by atoms with E-state index in [2.05, 4.69) is 5.32 Å². The van der Waals surface area contributed by atoms with E-state index < -0.39 is 24.5 Å². The first-order chi connectivity index (χ1) is 12.8. The molecule has 2 atom stereocenters. The number of hydrogen-bond donors (Lipinski definition) is 1. The molecule has 0 aliphatic carbocycles. The fourth-order valence-electron chi connectivity index (χ4n) is 3.73. The van der Waals surface area contributed by atoms with E-state index in [1.165, 1.54) is 0 Å². The number of amides is 2. The van der Waals surface area contributed by atoms with Gasteiger partial charge in [0.25, 0.3) is 0 Å². The van der Waals surface area contributed by atoms with Gasteiger partial charge in [-0.25, -0.2) is 0 Å². The number of carbonyl (C=O) groups is 2. The summed E-state index contributed by atoms with van der Waals surface area (Å²) >= 11 is 0. The van der Waals surface area contributed by atoms with Crippen LogP contribution >= 0.6 is 0 Å². The van der Waals surface area contributed by atoms with Crippen LogP contribution < -0.4 is 10.1 Å². The molecule has 148 valence electrons. The van der Waals surface area contributed by atoms with Crippen LogP contribution in [0.1, 0.15) is 18.0 Å². The molecule has 0 spiro atoms. The second-order valence-corrected chi connectivity index (χ2v) is 6.78. The zero-order valence-corrected chi connectivity index (χ0v) is 15.0. The van der Waals surface area contributed by atoms with Crippen molar-refractivity contribution in [3.05, 3.63) is 29.8 Å². The highest BCUT2D eigenvalue weighted by Crippen LogP contribution is 2.33. The second kappa shape index (κ2) is 7.75. The normalized spacial score (nSPS) is 23.6. The van der Waals surface area contributed by atoms with Gasteiger partial charge in [-0.3, -0.25) is 9.59 Å². The Kier molecular flexibility index (Phi) is 5.59. The van der Waals surface area contributed by atoms with Crippen molar-refractivity contribution in [2.24, 2.45) is 5.92 Å². The number of rotatable bonds is 4. The van der Waals surface area contributed by atoms with Crippen LogP contribution in [-0.2, 0) is 9.59 Å². The number of nitrogens with zero attached hydrogens (tertiary/aromatic N) is 2. The molecule has 2 fully saturated rings. The van der Waals surface area contributed by atoms with Gasteiger partial charge in [-0.05, 0) is 6.07 Å². The molecule has 1 aromatic carbocycles. The van der Waals surface area contributed by atoms with Crippen molar-refractivity contribution in [3.8, 4) is 5.75 Å². The maximum Gasteiger partial charge on any atom is 0.406 e. The highest BCUT2D eigenvalue weighted by atomic mass is 19.4. The Bertz CT molecular complexity index is 711.